The smallest absolute Gasteiger partial charge is 0.253 e. The summed E-state index contributed by atoms with van der Waals surface area (Å²) in [5.74, 6) is 6.43. The molecule has 10 heteroatoms. The van der Waals surface area contributed by atoms with Gasteiger partial charge in [-0.15, -0.1) is 0 Å². The monoisotopic (exact) mass is 1370 g/mol. The van der Waals surface area contributed by atoms with Crippen LogP contribution in [0.15, 0.2) is 12.2 Å². The van der Waals surface area contributed by atoms with Crippen LogP contribution in [0.3, 0.4) is 0 Å². The Bertz CT molecular complexity index is 1740. The van der Waals surface area contributed by atoms with Gasteiger partial charge in [-0.1, -0.05) is 223 Å². The fourth-order valence-corrected chi connectivity index (χ4v) is 14.5. The van der Waals surface area contributed by atoms with E-state index < -0.39 is 35.0 Å². The molecule has 8 aliphatic carbocycles. The lowest BCUT2D eigenvalue weighted by molar-refractivity contribution is -0.122. The van der Waals surface area contributed by atoms with Gasteiger partial charge in [-0.25, -0.2) is 35.1 Å². The summed E-state index contributed by atoms with van der Waals surface area (Å²) in [5, 5.41) is 0. The summed E-state index contributed by atoms with van der Waals surface area (Å²) in [6, 6.07) is 0. The van der Waals surface area contributed by atoms with Crippen molar-refractivity contribution < 1.29 is 39.9 Å². The average molecular weight is 1370 g/mol. The Morgan fingerprint density at radius 1 is 0.457 bits per heavy atom. The average Bonchev–Trinajstić information content (AvgIpc) is 1.61. The number of unbranched alkanes of at least 4 members (excludes halogenated alkanes) is 1. The third-order valence-electron chi connectivity index (χ3n) is 19.8. The molecule has 2 heterocycles. The minimum absolute atomic E-state index is 0.130. The molecule has 2 atom stereocenters. The Morgan fingerprint density at radius 3 is 1.04 bits per heavy atom. The lowest BCUT2D eigenvalue weighted by Crippen LogP contribution is -2.37. The summed E-state index contributed by atoms with van der Waals surface area (Å²) in [6.07, 6.45) is 36.5. The van der Waals surface area contributed by atoms with Crippen LogP contribution in [-0.2, 0) is 4.74 Å². The van der Waals surface area contributed by atoms with Gasteiger partial charge in [0.05, 0.1) is 13.2 Å². The van der Waals surface area contributed by atoms with Gasteiger partial charge >= 0.3 is 0 Å². The second kappa shape index (κ2) is 47.6. The fourth-order valence-electron chi connectivity index (χ4n) is 13.6. The van der Waals surface area contributed by atoms with Gasteiger partial charge in [0.25, 0.3) is 11.8 Å². The molecule has 0 aromatic heterocycles. The lowest BCUT2D eigenvalue weighted by Gasteiger charge is -2.35. The van der Waals surface area contributed by atoms with Crippen molar-refractivity contribution in [3.63, 3.8) is 0 Å². The summed E-state index contributed by atoms with van der Waals surface area (Å²) in [4.78, 5) is 0. The van der Waals surface area contributed by atoms with Gasteiger partial charge in [0.15, 0.2) is 0 Å². The number of halogens is 8. The van der Waals surface area contributed by atoms with Crippen molar-refractivity contribution in [3.05, 3.63) is 12.2 Å². The van der Waals surface area contributed by atoms with E-state index in [0.29, 0.717) is 36.0 Å². The molecule has 0 spiro atoms. The molecule has 7 saturated carbocycles. The second-order valence-electron chi connectivity index (χ2n) is 36.7. The third kappa shape index (κ3) is 49.9. The molecule has 10 rings (SSSR count). The Kier molecular flexibility index (Phi) is 47.4. The van der Waals surface area contributed by atoms with Crippen molar-refractivity contribution in [2.75, 3.05) is 24.7 Å². The summed E-state index contributed by atoms with van der Waals surface area (Å²) in [7, 11) is 0. The number of hydrogen-bond donors (Lipinski definition) is 0. The summed E-state index contributed by atoms with van der Waals surface area (Å²) in [5.41, 5.74) is -0.712. The van der Waals surface area contributed by atoms with E-state index in [1.54, 1.807) is 13.8 Å². The van der Waals surface area contributed by atoms with Crippen molar-refractivity contribution in [1.29, 1.82) is 0 Å². The van der Waals surface area contributed by atoms with E-state index in [2.05, 4.69) is 162 Å². The van der Waals surface area contributed by atoms with Crippen LogP contribution in [0.25, 0.3) is 0 Å². The number of hydrogen-bond acceptors (Lipinski definition) is 2. The quantitative estimate of drug-likeness (QED) is 0.0745. The number of thioether (sulfide) groups is 1. The van der Waals surface area contributed by atoms with Crippen LogP contribution < -0.4 is 0 Å². The molecule has 0 aromatic carbocycles. The highest BCUT2D eigenvalue weighted by Crippen LogP contribution is 2.52. The van der Waals surface area contributed by atoms with Crippen LogP contribution >= 0.6 is 11.8 Å². The first-order valence-corrected chi connectivity index (χ1v) is 40.8. The Hall–Kier alpha value is -0.510. The van der Waals surface area contributed by atoms with Crippen molar-refractivity contribution in [1.82, 2.24) is 0 Å². The maximum atomic E-state index is 13.2. The summed E-state index contributed by atoms with van der Waals surface area (Å²) < 4.78 is 106. The molecule has 2 aliphatic heterocycles. The van der Waals surface area contributed by atoms with E-state index >= 15 is 0 Å². The molecule has 10 aliphatic rings. The predicted octanol–water partition coefficient (Wildman–Crippen LogP) is 29.9. The van der Waals surface area contributed by atoms with Gasteiger partial charge in [0, 0.05) is 42.9 Å². The Labute approximate surface area is 585 Å². The minimum atomic E-state index is -2.40. The first kappa shape index (κ1) is 93.5. The molecule has 0 radical (unpaired) electrons. The molecule has 1 nitrogen and oxygen atoms in total. The van der Waals surface area contributed by atoms with E-state index in [9.17, 15) is 35.1 Å². The maximum absolute atomic E-state index is 13.2. The van der Waals surface area contributed by atoms with E-state index in [1.165, 1.54) is 108 Å². The number of ether oxygens (including phenoxy) is 1. The van der Waals surface area contributed by atoms with Crippen molar-refractivity contribution >= 4 is 11.8 Å². The third-order valence-corrected chi connectivity index (χ3v) is 21.2. The van der Waals surface area contributed by atoms with Crippen LogP contribution in [0, 0.1) is 112 Å². The van der Waals surface area contributed by atoms with Gasteiger partial charge < -0.3 is 4.74 Å². The molecule has 2 unspecified atom stereocenters. The largest absolute Gasteiger partial charge is 0.381 e. The normalized spacial score (nSPS) is 23.0. The molecule has 2 saturated heterocycles. The zero-order valence-electron chi connectivity index (χ0n) is 66.4. The molecule has 0 bridgehead atoms. The van der Waals surface area contributed by atoms with Crippen LogP contribution in [0.1, 0.15) is 359 Å². The minimum Gasteiger partial charge on any atom is -0.381 e. The van der Waals surface area contributed by atoms with Gasteiger partial charge in [-0.2, -0.15) is 11.8 Å². The SMILES string of the molecule is CC(C)C(F)(F)C1CCC1.CC(C)CC1(C)CC1.CC(C)CC1(F)CC1.CC(C)CC1(F)CCC1.CC(C)CC1C=CCC1.CC(C)CC1CC(F)(F)C1.CC(C)CC1CC1(F)F.CC(C)CC1CCC1.CC(C)CC1COC1.CC(C)CC1CSC1.CCCCC(C)C. The molecular formula is C84H160F8OS. The summed E-state index contributed by atoms with van der Waals surface area (Å²) in [6.45, 7) is 53.8. The molecular weight excluding hydrogens is 1210 g/mol. The maximum Gasteiger partial charge on any atom is 0.253 e. The predicted molar refractivity (Wildman–Crippen MR) is 400 cm³/mol. The van der Waals surface area contributed by atoms with Crippen molar-refractivity contribution in [2.24, 2.45) is 112 Å². The van der Waals surface area contributed by atoms with E-state index in [0.717, 1.165) is 148 Å². The Morgan fingerprint density at radius 2 is 0.883 bits per heavy atom. The summed E-state index contributed by atoms with van der Waals surface area (Å²) >= 11 is 2.09. The number of rotatable bonds is 23. The van der Waals surface area contributed by atoms with Crippen LogP contribution in [-0.4, -0.2) is 53.8 Å². The van der Waals surface area contributed by atoms with Gasteiger partial charge in [0.1, 0.15) is 11.3 Å². The van der Waals surface area contributed by atoms with Gasteiger partial charge in [0.2, 0.25) is 5.92 Å². The van der Waals surface area contributed by atoms with Crippen LogP contribution in [0.4, 0.5) is 35.1 Å². The lowest BCUT2D eigenvalue weighted by atomic mass is 9.77. The Balaban J connectivity index is 0.00000101. The molecule has 564 valence electrons. The highest BCUT2D eigenvalue weighted by molar-refractivity contribution is 8.00. The molecule has 0 N–H and O–H groups in total. The van der Waals surface area contributed by atoms with Crippen LogP contribution in [0.2, 0.25) is 0 Å². The van der Waals surface area contributed by atoms with Gasteiger partial charge in [-0.3, -0.25) is 0 Å². The first-order chi connectivity index (χ1) is 43.4. The molecule has 94 heavy (non-hydrogen) atoms. The van der Waals surface area contributed by atoms with E-state index in [1.807, 2.05) is 13.8 Å². The number of alkyl halides is 8. The molecule has 9 fully saturated rings. The van der Waals surface area contributed by atoms with Crippen molar-refractivity contribution in [2.45, 2.75) is 388 Å². The first-order valence-electron chi connectivity index (χ1n) is 39.7. The van der Waals surface area contributed by atoms with Crippen molar-refractivity contribution in [3.8, 4) is 0 Å². The second-order valence-corrected chi connectivity index (χ2v) is 37.8. The zero-order chi connectivity index (χ0) is 72.3. The van der Waals surface area contributed by atoms with E-state index in [4.69, 9.17) is 4.74 Å². The standard InChI is InChI=1S/C9H16.2C8H14F2.C8H15F.2C8H16.C7H12F2.C7H13F.C7H14O.C7H14S.C7H16/c1-8(2)7-9-5-3-4-6-9;1-6(2)3-7-4-8(9,10)5-7;1-6(2)8(9,10)7-4-3-5-7;1-7(2)6-8(9)4-3-5-8;1-7(2)6-8(3)4-5-8;1-7(2)6-8-4-3-5-8;1-5(2)3-6-4-7(6,8)9;1-6(2)5-7(8)3-4-7;2*1-6(2)3-7-4-8-5-7;1-4-5-6-7(2)3/h3,5,8-9H,4,6-7H2,1-2H3;2*6-7H,3-5H2,1-2H3;7H,3-6H2,1-2H3;7H,4-6H2,1-3H3;7-8H,3-6H2,1-2H3;5-6H,3-4H2,1-2H3;6H,3-5H2,1-2H3;2*6-7H,3-5H2,1-2H3;7H,4-6H2,1-3H3. The van der Waals surface area contributed by atoms with Crippen LogP contribution in [0.5, 0.6) is 0 Å². The highest BCUT2D eigenvalue weighted by Gasteiger charge is 2.56. The zero-order valence-corrected chi connectivity index (χ0v) is 67.2. The fraction of sp³-hybridized carbons (Fsp3) is 0.976. The topological polar surface area (TPSA) is 9.23 Å². The van der Waals surface area contributed by atoms with E-state index in [-0.39, 0.29) is 31.1 Å². The molecule has 0 amide bonds. The molecule has 0 aromatic rings. The highest BCUT2D eigenvalue weighted by atomic mass is 32.2. The number of allylic oxidation sites excluding steroid dienone is 2. The van der Waals surface area contributed by atoms with Gasteiger partial charge in [-0.05, 0) is 228 Å².